The van der Waals surface area contributed by atoms with Crippen molar-refractivity contribution in [2.24, 2.45) is 0 Å². The number of carbonyl (C=O) groups is 1. The molecule has 166 valence electrons. The number of β-amino-alcohol motifs (C(OH)–C–C–N with tert-alkyl or cyclic N) is 1. The average Bonchev–Trinajstić information content (AvgIpc) is 3.48. The monoisotopic (exact) mass is 436 g/mol. The highest BCUT2D eigenvalue weighted by molar-refractivity contribution is 7.89. The first-order valence-electron chi connectivity index (χ1n) is 11.0. The molecule has 0 saturated carbocycles. The second-order valence-electron chi connectivity index (χ2n) is 8.57. The number of rotatable bonds is 7. The van der Waals surface area contributed by atoms with E-state index in [1.807, 2.05) is 0 Å². The van der Waals surface area contributed by atoms with Crippen LogP contribution in [0.5, 0.6) is 0 Å². The molecular formula is C21H32N4O4S. The van der Waals surface area contributed by atoms with Gasteiger partial charge in [0.15, 0.2) is 0 Å². The maximum Gasteiger partial charge on any atom is 0.243 e. The van der Waals surface area contributed by atoms with Crippen LogP contribution in [0.1, 0.15) is 32.1 Å². The van der Waals surface area contributed by atoms with Gasteiger partial charge >= 0.3 is 0 Å². The first-order chi connectivity index (χ1) is 14.4. The van der Waals surface area contributed by atoms with Crippen molar-refractivity contribution in [1.29, 1.82) is 0 Å². The number of carbonyl (C=O) groups excluding carboxylic acids is 1. The summed E-state index contributed by atoms with van der Waals surface area (Å²) in [6.45, 7) is 5.17. The molecule has 1 aromatic rings. The number of hydrogen-bond donors (Lipinski definition) is 2. The number of nitrogens with one attached hydrogen (secondary N) is 1. The highest BCUT2D eigenvalue weighted by Gasteiger charge is 2.36. The molecule has 0 bridgehead atoms. The topological polar surface area (TPSA) is 93.2 Å². The van der Waals surface area contributed by atoms with Crippen LogP contribution < -0.4 is 5.32 Å². The lowest BCUT2D eigenvalue weighted by Crippen LogP contribution is -2.41. The summed E-state index contributed by atoms with van der Waals surface area (Å²) in [5.41, 5.74) is 0.497. The Hall–Kier alpha value is -1.52. The Morgan fingerprint density at radius 2 is 1.77 bits per heavy atom. The first-order valence-corrected chi connectivity index (χ1v) is 12.4. The summed E-state index contributed by atoms with van der Waals surface area (Å²) in [5.74, 6) is -0.148. The Kier molecular flexibility index (Phi) is 6.74. The molecule has 0 aliphatic carbocycles. The number of nitrogens with zero attached hydrogens (tertiary/aromatic N) is 3. The molecule has 2 N–H and O–H groups in total. The Balaban J connectivity index is 1.29. The molecule has 4 rings (SSSR count). The fraction of sp³-hybridized carbons (Fsp3) is 0.667. The van der Waals surface area contributed by atoms with E-state index in [0.29, 0.717) is 38.3 Å². The number of benzene rings is 1. The van der Waals surface area contributed by atoms with Gasteiger partial charge in [-0.2, -0.15) is 4.31 Å². The van der Waals surface area contributed by atoms with Crippen molar-refractivity contribution in [1.82, 2.24) is 14.1 Å². The lowest BCUT2D eigenvalue weighted by atomic mass is 10.2. The molecule has 9 heteroatoms. The summed E-state index contributed by atoms with van der Waals surface area (Å²) in [5, 5.41) is 13.2. The van der Waals surface area contributed by atoms with Gasteiger partial charge in [-0.05, 0) is 57.0 Å². The summed E-state index contributed by atoms with van der Waals surface area (Å²) in [7, 11) is -3.50. The smallest absolute Gasteiger partial charge is 0.243 e. The lowest BCUT2D eigenvalue weighted by Gasteiger charge is -2.25. The number of hydrogen-bond acceptors (Lipinski definition) is 6. The predicted molar refractivity (Wildman–Crippen MR) is 115 cm³/mol. The van der Waals surface area contributed by atoms with Crippen molar-refractivity contribution in [3.05, 3.63) is 24.3 Å². The Labute approximate surface area is 178 Å². The van der Waals surface area contributed by atoms with Gasteiger partial charge in [0.25, 0.3) is 0 Å². The SMILES string of the molecule is O=C(CCN1CC(O)C(N2CCCC2)C1)Nc1cccc(S(=O)(=O)N2CCCC2)c1. The third-order valence-electron chi connectivity index (χ3n) is 6.42. The minimum Gasteiger partial charge on any atom is -0.390 e. The molecule has 3 saturated heterocycles. The van der Waals surface area contributed by atoms with Gasteiger partial charge < -0.3 is 10.4 Å². The number of anilines is 1. The summed E-state index contributed by atoms with van der Waals surface area (Å²) in [6, 6.07) is 6.66. The molecule has 1 amide bonds. The molecule has 8 nitrogen and oxygen atoms in total. The lowest BCUT2D eigenvalue weighted by molar-refractivity contribution is -0.116. The number of aliphatic hydroxyl groups is 1. The van der Waals surface area contributed by atoms with Gasteiger partial charge in [0.05, 0.1) is 11.0 Å². The van der Waals surface area contributed by atoms with Crippen LogP contribution in [0.15, 0.2) is 29.2 Å². The maximum absolute atomic E-state index is 12.7. The molecule has 30 heavy (non-hydrogen) atoms. The van der Waals surface area contributed by atoms with Gasteiger partial charge in [0.1, 0.15) is 0 Å². The van der Waals surface area contributed by atoms with E-state index in [0.717, 1.165) is 32.5 Å². The molecule has 2 atom stereocenters. The van der Waals surface area contributed by atoms with E-state index in [4.69, 9.17) is 0 Å². The molecule has 3 aliphatic rings. The van der Waals surface area contributed by atoms with Gasteiger partial charge in [-0.1, -0.05) is 6.07 Å². The molecule has 0 aromatic heterocycles. The molecule has 3 heterocycles. The fourth-order valence-corrected chi connectivity index (χ4v) is 6.32. The zero-order valence-electron chi connectivity index (χ0n) is 17.4. The van der Waals surface area contributed by atoms with Gasteiger partial charge in [0, 0.05) is 50.9 Å². The zero-order chi connectivity index (χ0) is 21.1. The predicted octanol–water partition coefficient (Wildman–Crippen LogP) is 0.941. The van der Waals surface area contributed by atoms with Crippen LogP contribution in [-0.2, 0) is 14.8 Å². The molecule has 0 spiro atoms. The van der Waals surface area contributed by atoms with Crippen molar-refractivity contribution in [2.75, 3.05) is 51.1 Å². The zero-order valence-corrected chi connectivity index (χ0v) is 18.2. The van der Waals surface area contributed by atoms with Crippen molar-refractivity contribution >= 4 is 21.6 Å². The molecule has 3 fully saturated rings. The van der Waals surface area contributed by atoms with Crippen molar-refractivity contribution in [2.45, 2.75) is 49.1 Å². The van der Waals surface area contributed by atoms with Gasteiger partial charge in [-0.15, -0.1) is 0 Å². The molecule has 3 aliphatic heterocycles. The largest absolute Gasteiger partial charge is 0.390 e. The molecule has 2 unspecified atom stereocenters. The highest BCUT2D eigenvalue weighted by atomic mass is 32.2. The second-order valence-corrected chi connectivity index (χ2v) is 10.5. The Morgan fingerprint density at radius 1 is 1.07 bits per heavy atom. The first kappa shape index (κ1) is 21.7. The normalized spacial score (nSPS) is 26.4. The number of aliphatic hydroxyl groups excluding tert-OH is 1. The fourth-order valence-electron chi connectivity index (χ4n) is 4.76. The van der Waals surface area contributed by atoms with Crippen LogP contribution >= 0.6 is 0 Å². The van der Waals surface area contributed by atoms with E-state index >= 15 is 0 Å². The second kappa shape index (κ2) is 9.32. The van der Waals surface area contributed by atoms with Crippen LogP contribution in [-0.4, -0.2) is 91.5 Å². The molecular weight excluding hydrogens is 404 g/mol. The minimum absolute atomic E-state index is 0.148. The summed E-state index contributed by atoms with van der Waals surface area (Å²) in [6.07, 6.45) is 4.11. The van der Waals surface area contributed by atoms with E-state index in [1.165, 1.54) is 23.2 Å². The van der Waals surface area contributed by atoms with Crippen molar-refractivity contribution in [3.8, 4) is 0 Å². The van der Waals surface area contributed by atoms with Gasteiger partial charge in [-0.25, -0.2) is 8.42 Å². The number of likely N-dealkylation sites (tertiary alicyclic amines) is 2. The van der Waals surface area contributed by atoms with Crippen LogP contribution in [0.3, 0.4) is 0 Å². The van der Waals surface area contributed by atoms with Crippen LogP contribution in [0.4, 0.5) is 5.69 Å². The Morgan fingerprint density at radius 3 is 2.50 bits per heavy atom. The van der Waals surface area contributed by atoms with E-state index in [-0.39, 0.29) is 22.9 Å². The maximum atomic E-state index is 12.7. The minimum atomic E-state index is -3.50. The van der Waals surface area contributed by atoms with E-state index in [1.54, 1.807) is 18.2 Å². The van der Waals surface area contributed by atoms with Crippen molar-refractivity contribution < 1.29 is 18.3 Å². The molecule has 1 aromatic carbocycles. The van der Waals surface area contributed by atoms with E-state index in [2.05, 4.69) is 15.1 Å². The third kappa shape index (κ3) is 4.86. The van der Waals surface area contributed by atoms with Gasteiger partial charge in [0.2, 0.25) is 15.9 Å². The standard InChI is InChI=1S/C21H32N4O4S/c26-20-16-23(15-19(20)24-9-1-2-10-24)13-8-21(27)22-17-6-5-7-18(14-17)30(28,29)25-11-3-4-12-25/h5-7,14,19-20,26H,1-4,8-13,15-16H2,(H,22,27). The third-order valence-corrected chi connectivity index (χ3v) is 8.31. The van der Waals surface area contributed by atoms with E-state index < -0.39 is 10.0 Å². The summed E-state index contributed by atoms with van der Waals surface area (Å²) >= 11 is 0. The van der Waals surface area contributed by atoms with Crippen LogP contribution in [0, 0.1) is 0 Å². The Bertz CT molecular complexity index is 850. The summed E-state index contributed by atoms with van der Waals surface area (Å²) in [4.78, 5) is 17.2. The van der Waals surface area contributed by atoms with Crippen molar-refractivity contribution in [3.63, 3.8) is 0 Å². The quantitative estimate of drug-likeness (QED) is 0.661. The van der Waals surface area contributed by atoms with Gasteiger partial charge in [-0.3, -0.25) is 14.6 Å². The van der Waals surface area contributed by atoms with E-state index in [9.17, 15) is 18.3 Å². The summed E-state index contributed by atoms with van der Waals surface area (Å²) < 4.78 is 26.9. The number of sulfonamides is 1. The number of amides is 1. The highest BCUT2D eigenvalue weighted by Crippen LogP contribution is 2.24. The molecule has 0 radical (unpaired) electrons. The van der Waals surface area contributed by atoms with Crippen LogP contribution in [0.25, 0.3) is 0 Å². The van der Waals surface area contributed by atoms with Crippen LogP contribution in [0.2, 0.25) is 0 Å². The average molecular weight is 437 g/mol.